The number of nitrogens with one attached hydrogen (secondary N) is 3. The first-order valence-electron chi connectivity index (χ1n) is 8.53. The number of benzene rings is 2. The molecule has 0 saturated heterocycles. The van der Waals surface area contributed by atoms with Crippen molar-refractivity contribution in [2.24, 2.45) is 0 Å². The highest BCUT2D eigenvalue weighted by Gasteiger charge is 2.14. The van der Waals surface area contributed by atoms with Crippen LogP contribution in [0.5, 0.6) is 11.5 Å². The van der Waals surface area contributed by atoms with Crippen molar-refractivity contribution in [1.82, 2.24) is 4.98 Å². The molecule has 3 aromatic rings. The molecule has 0 fully saturated rings. The number of amides is 3. The lowest BCUT2D eigenvalue weighted by Gasteiger charge is -2.10. The molecular weight excluding hydrogens is 380 g/mol. The summed E-state index contributed by atoms with van der Waals surface area (Å²) in [6.45, 7) is 1.77. The van der Waals surface area contributed by atoms with Crippen LogP contribution in [0.4, 0.5) is 21.3 Å². The molecule has 0 saturated carbocycles. The highest BCUT2D eigenvalue weighted by Crippen LogP contribution is 2.35. The second-order valence-corrected chi connectivity index (χ2v) is 6.78. The van der Waals surface area contributed by atoms with Gasteiger partial charge in [-0.15, -0.1) is 0 Å². The van der Waals surface area contributed by atoms with Gasteiger partial charge in [-0.1, -0.05) is 18.3 Å². The third-order valence-corrected chi connectivity index (χ3v) is 4.77. The fraction of sp³-hybridized carbons (Fsp3) is 0.211. The molecule has 3 rings (SSSR count). The van der Waals surface area contributed by atoms with Crippen LogP contribution in [0, 0.1) is 0 Å². The van der Waals surface area contributed by atoms with Crippen LogP contribution >= 0.6 is 11.3 Å². The van der Waals surface area contributed by atoms with E-state index in [4.69, 9.17) is 9.47 Å². The molecule has 0 aliphatic heterocycles. The zero-order valence-electron chi connectivity index (χ0n) is 15.7. The van der Waals surface area contributed by atoms with Crippen molar-refractivity contribution < 1.29 is 19.1 Å². The molecule has 3 N–H and O–H groups in total. The summed E-state index contributed by atoms with van der Waals surface area (Å²) in [6.07, 6.45) is 0.366. The van der Waals surface area contributed by atoms with Crippen LogP contribution in [0.15, 0.2) is 36.4 Å². The smallest absolute Gasteiger partial charge is 0.323 e. The first-order valence-corrected chi connectivity index (χ1v) is 9.34. The number of thiazole rings is 1. The fourth-order valence-electron chi connectivity index (χ4n) is 2.46. The number of hydrogen-bond donors (Lipinski definition) is 3. The van der Waals surface area contributed by atoms with Crippen LogP contribution in [-0.4, -0.2) is 31.1 Å². The summed E-state index contributed by atoms with van der Waals surface area (Å²) in [5.41, 5.74) is 1.81. The Morgan fingerprint density at radius 3 is 2.36 bits per heavy atom. The molecule has 28 heavy (non-hydrogen) atoms. The minimum atomic E-state index is -0.393. The van der Waals surface area contributed by atoms with E-state index in [-0.39, 0.29) is 5.91 Å². The standard InChI is InChI=1S/C19H20N4O4S/c1-4-16(24)22-19-23-17-14(27-3)9-12(10-15(17)28-19)21-18(25)20-11-5-7-13(26-2)8-6-11/h5-10H,4H2,1-3H3,(H2,20,21,25)(H,22,23,24). The topological polar surface area (TPSA) is 102 Å². The number of carbonyl (C=O) groups is 2. The average Bonchev–Trinajstić information content (AvgIpc) is 3.09. The number of ether oxygens (including phenoxy) is 2. The van der Waals surface area contributed by atoms with Crippen LogP contribution in [0.1, 0.15) is 13.3 Å². The molecule has 0 atom stereocenters. The van der Waals surface area contributed by atoms with E-state index in [1.165, 1.54) is 18.4 Å². The van der Waals surface area contributed by atoms with Gasteiger partial charge in [0.2, 0.25) is 5.91 Å². The Kier molecular flexibility index (Phi) is 5.95. The van der Waals surface area contributed by atoms with Gasteiger partial charge in [0.15, 0.2) is 5.13 Å². The number of urea groups is 1. The third-order valence-electron chi connectivity index (χ3n) is 3.85. The highest BCUT2D eigenvalue weighted by atomic mass is 32.1. The van der Waals surface area contributed by atoms with E-state index in [1.807, 2.05) is 0 Å². The van der Waals surface area contributed by atoms with E-state index in [0.29, 0.717) is 39.9 Å². The first-order chi connectivity index (χ1) is 13.5. The lowest BCUT2D eigenvalue weighted by atomic mass is 10.2. The number of aromatic nitrogens is 1. The molecule has 0 unspecified atom stereocenters. The fourth-order valence-corrected chi connectivity index (χ4v) is 3.39. The molecule has 0 aliphatic rings. The van der Waals surface area contributed by atoms with E-state index < -0.39 is 6.03 Å². The van der Waals surface area contributed by atoms with E-state index >= 15 is 0 Å². The molecule has 1 aromatic heterocycles. The third kappa shape index (κ3) is 4.49. The second-order valence-electron chi connectivity index (χ2n) is 5.75. The maximum Gasteiger partial charge on any atom is 0.323 e. The van der Waals surface area contributed by atoms with Crippen molar-refractivity contribution >= 4 is 50.0 Å². The molecule has 8 nitrogen and oxygen atoms in total. The zero-order chi connectivity index (χ0) is 20.1. The lowest BCUT2D eigenvalue weighted by Crippen LogP contribution is -2.19. The molecule has 0 spiro atoms. The predicted octanol–water partition coefficient (Wildman–Crippen LogP) is 4.31. The Morgan fingerprint density at radius 1 is 1.00 bits per heavy atom. The number of nitrogens with zero attached hydrogens (tertiary/aromatic N) is 1. The molecule has 9 heteroatoms. The summed E-state index contributed by atoms with van der Waals surface area (Å²) < 4.78 is 11.3. The normalized spacial score (nSPS) is 10.4. The number of anilines is 3. The molecule has 2 aromatic carbocycles. The van der Waals surface area contributed by atoms with E-state index in [9.17, 15) is 9.59 Å². The van der Waals surface area contributed by atoms with Gasteiger partial charge in [0.05, 0.1) is 18.9 Å². The summed E-state index contributed by atoms with van der Waals surface area (Å²) in [5.74, 6) is 1.10. The number of fused-ring (bicyclic) bond motifs is 1. The number of methoxy groups -OCH3 is 2. The van der Waals surface area contributed by atoms with Gasteiger partial charge in [-0.2, -0.15) is 0 Å². The summed E-state index contributed by atoms with van der Waals surface area (Å²) in [6, 6.07) is 10.1. The Morgan fingerprint density at radius 2 is 1.71 bits per heavy atom. The molecule has 0 bridgehead atoms. The van der Waals surface area contributed by atoms with Gasteiger partial charge in [0.1, 0.15) is 17.0 Å². The molecule has 3 amide bonds. The minimum Gasteiger partial charge on any atom is -0.497 e. The van der Waals surface area contributed by atoms with E-state index in [2.05, 4.69) is 20.9 Å². The first kappa shape index (κ1) is 19.4. The van der Waals surface area contributed by atoms with Crippen molar-refractivity contribution in [3.05, 3.63) is 36.4 Å². The van der Waals surface area contributed by atoms with Gasteiger partial charge in [-0.25, -0.2) is 9.78 Å². The summed E-state index contributed by atoms with van der Waals surface area (Å²) in [7, 11) is 3.11. The van der Waals surface area contributed by atoms with Gasteiger partial charge >= 0.3 is 6.03 Å². The van der Waals surface area contributed by atoms with Gasteiger partial charge in [0, 0.05) is 23.9 Å². The van der Waals surface area contributed by atoms with Crippen LogP contribution in [0.2, 0.25) is 0 Å². The summed E-state index contributed by atoms with van der Waals surface area (Å²) >= 11 is 1.31. The number of hydrogen-bond acceptors (Lipinski definition) is 6. The Balaban J connectivity index is 1.77. The van der Waals surface area contributed by atoms with E-state index in [1.54, 1.807) is 50.4 Å². The molecule has 0 aliphatic carbocycles. The van der Waals surface area contributed by atoms with Gasteiger partial charge in [0.25, 0.3) is 0 Å². The van der Waals surface area contributed by atoms with E-state index in [0.717, 1.165) is 4.70 Å². The maximum atomic E-state index is 12.3. The van der Waals surface area contributed by atoms with Crippen LogP contribution in [-0.2, 0) is 4.79 Å². The summed E-state index contributed by atoms with van der Waals surface area (Å²) in [5, 5.41) is 8.75. The van der Waals surface area contributed by atoms with Crippen molar-refractivity contribution in [3.63, 3.8) is 0 Å². The Hall–Kier alpha value is -3.33. The highest BCUT2D eigenvalue weighted by molar-refractivity contribution is 7.22. The van der Waals surface area contributed by atoms with Gasteiger partial charge in [-0.3, -0.25) is 4.79 Å². The largest absolute Gasteiger partial charge is 0.497 e. The molecular formula is C19H20N4O4S. The van der Waals surface area contributed by atoms with Crippen molar-refractivity contribution in [1.29, 1.82) is 0 Å². The van der Waals surface area contributed by atoms with Crippen molar-refractivity contribution in [3.8, 4) is 11.5 Å². The molecule has 146 valence electrons. The monoisotopic (exact) mass is 400 g/mol. The van der Waals surface area contributed by atoms with Crippen LogP contribution in [0.3, 0.4) is 0 Å². The number of rotatable bonds is 6. The lowest BCUT2D eigenvalue weighted by molar-refractivity contribution is -0.115. The van der Waals surface area contributed by atoms with Gasteiger partial charge in [-0.05, 0) is 30.3 Å². The SMILES string of the molecule is CCC(=O)Nc1nc2c(OC)cc(NC(=O)Nc3ccc(OC)cc3)cc2s1. The molecule has 0 radical (unpaired) electrons. The van der Waals surface area contributed by atoms with Crippen LogP contribution < -0.4 is 25.4 Å². The predicted molar refractivity (Wildman–Crippen MR) is 111 cm³/mol. The average molecular weight is 400 g/mol. The Bertz CT molecular complexity index is 1000. The second kappa shape index (κ2) is 8.57. The van der Waals surface area contributed by atoms with Crippen LogP contribution in [0.25, 0.3) is 10.2 Å². The van der Waals surface area contributed by atoms with Crippen molar-refractivity contribution in [2.45, 2.75) is 13.3 Å². The number of carbonyl (C=O) groups excluding carboxylic acids is 2. The van der Waals surface area contributed by atoms with Gasteiger partial charge < -0.3 is 25.4 Å². The quantitative estimate of drug-likeness (QED) is 0.572. The zero-order valence-corrected chi connectivity index (χ0v) is 16.5. The summed E-state index contributed by atoms with van der Waals surface area (Å²) in [4.78, 5) is 28.3. The molecule has 1 heterocycles. The maximum absolute atomic E-state index is 12.3. The Labute approximate surface area is 165 Å². The van der Waals surface area contributed by atoms with Crippen molar-refractivity contribution in [2.75, 3.05) is 30.2 Å². The minimum absolute atomic E-state index is 0.116.